The molecule has 0 bridgehead atoms. The predicted octanol–water partition coefficient (Wildman–Crippen LogP) is 1.59. The molecule has 0 radical (unpaired) electrons. The fourth-order valence-electron chi connectivity index (χ4n) is 9.12. The third-order valence-corrected chi connectivity index (χ3v) is 12.1. The van der Waals surface area contributed by atoms with Crippen LogP contribution in [0.1, 0.15) is 81.0 Å². The van der Waals surface area contributed by atoms with Crippen molar-refractivity contribution in [1.82, 2.24) is 10.6 Å². The van der Waals surface area contributed by atoms with Gasteiger partial charge < -0.3 is 55.1 Å². The van der Waals surface area contributed by atoms with Gasteiger partial charge >= 0.3 is 0 Å². The van der Waals surface area contributed by atoms with Gasteiger partial charge in [0, 0.05) is 62.1 Å². The van der Waals surface area contributed by atoms with E-state index in [9.17, 15) is 44.7 Å². The highest BCUT2D eigenvalue weighted by Gasteiger charge is 2.72. The van der Waals surface area contributed by atoms with Crippen LogP contribution in [0.4, 0.5) is 0 Å². The van der Waals surface area contributed by atoms with Crippen LogP contribution in [0.3, 0.4) is 0 Å². The van der Waals surface area contributed by atoms with Crippen LogP contribution in [0.5, 0.6) is 11.5 Å². The first kappa shape index (κ1) is 41.1. The molecule has 58 heavy (non-hydrogen) atoms. The van der Waals surface area contributed by atoms with E-state index in [0.29, 0.717) is 10.6 Å². The minimum absolute atomic E-state index is 0.0112. The molecule has 16 nitrogen and oxygen atoms in total. The monoisotopic (exact) mass is 820 g/mol. The normalized spacial score (nSPS) is 28.9. The first-order valence-electron chi connectivity index (χ1n) is 18.2. The smallest absolute Gasteiger partial charge is 0.255 e. The summed E-state index contributed by atoms with van der Waals surface area (Å²) in [5, 5.41) is 63.7. The van der Waals surface area contributed by atoms with Crippen molar-refractivity contribution in [1.29, 1.82) is 0 Å². The molecule has 17 heteroatoms. The number of nitrogens with one attached hydrogen (secondary N) is 2. The standard InChI is InChI=1S/C41H41ClN2O14/c1-16-10-19-11-25(47)41(57-5)37(53)28-22(36(52)40(41,15-45)29(19)32(50)26(16)38(54)43-14-18-6-8-20(42)9-7-18)12-21-27(31(28)49)24(46)13-23(30(21)48)44-39-35(56-4)33(51)34(55-3)17(2)58-39/h6-10,12-13,17,25,33-35,39,44-45,47,49-51H,11,14-15H2,1-5H3,(H,43,54)/t17-,25+,33+,34-,35+,39-,40?,41?/m0/s1. The Bertz CT molecular complexity index is 2310. The van der Waals surface area contributed by atoms with Gasteiger partial charge in [0.25, 0.3) is 5.91 Å². The molecule has 1 heterocycles. The fourth-order valence-corrected chi connectivity index (χ4v) is 9.25. The lowest BCUT2D eigenvalue weighted by molar-refractivity contribution is -0.236. The molecule has 7 N–H and O–H groups in total. The number of hydrogen-bond acceptors (Lipinski definition) is 15. The van der Waals surface area contributed by atoms with Crippen LogP contribution >= 0.6 is 11.6 Å². The number of carbonyl (C=O) groups excluding carboxylic acids is 5. The molecule has 3 aromatic rings. The van der Waals surface area contributed by atoms with E-state index < -0.39 is 124 Å². The first-order chi connectivity index (χ1) is 27.5. The Morgan fingerprint density at radius 1 is 0.948 bits per heavy atom. The molecule has 3 aromatic carbocycles. The molecule has 2 unspecified atom stereocenters. The number of aliphatic hydroxyl groups is 3. The SMILES string of the molecule is CO[C@@H]1[C@@H](O)[C@@H](OC)[C@@H](NC2=CC(=O)c3c(cc4c(c3O)C(=O)C3(OC)[C@H](O)Cc5cc(C)c(C(=O)NCc6ccc(Cl)cc6)c(O)c5C3(CO)C4=O)C2=O)O[C@H]1C. The van der Waals surface area contributed by atoms with E-state index in [-0.39, 0.29) is 34.5 Å². The van der Waals surface area contributed by atoms with Crippen LogP contribution in [0, 0.1) is 6.92 Å². The number of fused-ring (bicyclic) bond motifs is 5. The average molecular weight is 821 g/mol. The van der Waals surface area contributed by atoms with Crippen molar-refractivity contribution < 1.29 is 68.5 Å². The number of Topliss-reactive ketones (excluding diaryl/α,β-unsaturated/α-hetero) is 3. The molecular weight excluding hydrogens is 780 g/mol. The number of phenolic OH excluding ortho intramolecular Hbond substituents is 2. The zero-order chi connectivity index (χ0) is 42.2. The molecule has 1 saturated heterocycles. The quantitative estimate of drug-likeness (QED) is 0.162. The van der Waals surface area contributed by atoms with Gasteiger partial charge in [0.15, 0.2) is 23.4 Å². The number of aromatic hydroxyl groups is 2. The van der Waals surface area contributed by atoms with E-state index >= 15 is 4.79 Å². The van der Waals surface area contributed by atoms with Gasteiger partial charge in [-0.25, -0.2) is 0 Å². The van der Waals surface area contributed by atoms with E-state index in [0.717, 1.165) is 19.3 Å². The molecule has 3 aliphatic carbocycles. The van der Waals surface area contributed by atoms with E-state index in [1.165, 1.54) is 27.2 Å². The maximum absolute atomic E-state index is 15.2. The average Bonchev–Trinajstić information content (AvgIpc) is 3.18. The third kappa shape index (κ3) is 5.73. The number of amides is 1. The Labute approximate surface area is 336 Å². The zero-order valence-electron chi connectivity index (χ0n) is 31.9. The highest BCUT2D eigenvalue weighted by molar-refractivity contribution is 6.31. The van der Waals surface area contributed by atoms with Crippen molar-refractivity contribution in [3.05, 3.63) is 103 Å². The van der Waals surface area contributed by atoms with Gasteiger partial charge in [0.2, 0.25) is 11.6 Å². The van der Waals surface area contributed by atoms with Gasteiger partial charge in [-0.05, 0) is 48.7 Å². The summed E-state index contributed by atoms with van der Waals surface area (Å²) in [7, 11) is 3.67. The molecule has 0 spiro atoms. The van der Waals surface area contributed by atoms with Crippen LogP contribution in [-0.4, -0.2) is 125 Å². The molecule has 8 atom stereocenters. The number of rotatable bonds is 9. The summed E-state index contributed by atoms with van der Waals surface area (Å²) in [5.74, 6) is -6.87. The maximum atomic E-state index is 15.2. The minimum Gasteiger partial charge on any atom is -0.507 e. The number of ether oxygens (including phenoxy) is 4. The Hall–Kier alpha value is -5.04. The molecule has 1 aliphatic heterocycles. The van der Waals surface area contributed by atoms with Gasteiger partial charge in [0.1, 0.15) is 35.2 Å². The van der Waals surface area contributed by atoms with Crippen LogP contribution in [0.2, 0.25) is 5.02 Å². The predicted molar refractivity (Wildman–Crippen MR) is 202 cm³/mol. The van der Waals surface area contributed by atoms with Crippen molar-refractivity contribution in [2.45, 2.75) is 74.6 Å². The highest BCUT2D eigenvalue weighted by Crippen LogP contribution is 2.57. The molecule has 7 rings (SSSR count). The second kappa shape index (κ2) is 15.0. The van der Waals surface area contributed by atoms with Crippen LogP contribution in [0.25, 0.3) is 0 Å². The van der Waals surface area contributed by atoms with E-state index in [1.807, 2.05) is 0 Å². The lowest BCUT2D eigenvalue weighted by Crippen LogP contribution is -2.74. The largest absolute Gasteiger partial charge is 0.507 e. The van der Waals surface area contributed by atoms with Crippen molar-refractivity contribution in [3.8, 4) is 11.5 Å². The molecule has 4 aliphatic rings. The van der Waals surface area contributed by atoms with Crippen molar-refractivity contribution in [2.75, 3.05) is 27.9 Å². The molecule has 0 aromatic heterocycles. The van der Waals surface area contributed by atoms with Crippen molar-refractivity contribution >= 4 is 40.6 Å². The molecule has 1 fully saturated rings. The van der Waals surface area contributed by atoms with Crippen LogP contribution < -0.4 is 10.6 Å². The number of allylic oxidation sites excluding steroid dienone is 2. The first-order valence-corrected chi connectivity index (χ1v) is 18.6. The Morgan fingerprint density at radius 2 is 1.62 bits per heavy atom. The second-order valence-corrected chi connectivity index (χ2v) is 15.2. The molecular formula is C41H41ClN2O14. The lowest BCUT2D eigenvalue weighted by Gasteiger charge is -2.55. The number of hydrogen-bond donors (Lipinski definition) is 7. The molecule has 306 valence electrons. The number of methoxy groups -OCH3 is 3. The number of carbonyl (C=O) groups is 5. The molecule has 0 saturated carbocycles. The maximum Gasteiger partial charge on any atom is 0.255 e. The Kier molecular flexibility index (Phi) is 10.6. The Morgan fingerprint density at radius 3 is 2.24 bits per heavy atom. The zero-order valence-corrected chi connectivity index (χ0v) is 32.7. The number of halogens is 1. The summed E-state index contributed by atoms with van der Waals surface area (Å²) < 4.78 is 22.4. The highest BCUT2D eigenvalue weighted by atomic mass is 35.5. The Balaban J connectivity index is 1.34. The molecule has 1 amide bonds. The number of ketones is 4. The minimum atomic E-state index is -2.72. The van der Waals surface area contributed by atoms with Gasteiger partial charge in [-0.2, -0.15) is 0 Å². The number of phenols is 2. The number of aliphatic hydroxyl groups excluding tert-OH is 3. The number of aryl methyl sites for hydroxylation is 1. The summed E-state index contributed by atoms with van der Waals surface area (Å²) in [6.45, 7) is 1.88. The fraction of sp³-hybridized carbons (Fsp3) is 0.390. The van der Waals surface area contributed by atoms with E-state index in [1.54, 1.807) is 31.2 Å². The van der Waals surface area contributed by atoms with E-state index in [2.05, 4.69) is 10.6 Å². The second-order valence-electron chi connectivity index (χ2n) is 14.8. The van der Waals surface area contributed by atoms with Gasteiger partial charge in [-0.3, -0.25) is 24.0 Å². The van der Waals surface area contributed by atoms with E-state index in [4.69, 9.17) is 30.5 Å². The number of benzene rings is 3. The summed E-state index contributed by atoms with van der Waals surface area (Å²) in [6.07, 6.45) is -6.44. The van der Waals surface area contributed by atoms with Crippen LogP contribution in [0.15, 0.2) is 48.2 Å². The van der Waals surface area contributed by atoms with Gasteiger partial charge in [-0.15, -0.1) is 0 Å². The van der Waals surface area contributed by atoms with Gasteiger partial charge in [-0.1, -0.05) is 29.8 Å². The summed E-state index contributed by atoms with van der Waals surface area (Å²) in [4.78, 5) is 71.6. The van der Waals surface area contributed by atoms with Crippen LogP contribution in [-0.2, 0) is 37.3 Å². The van der Waals surface area contributed by atoms with Crippen molar-refractivity contribution in [2.24, 2.45) is 0 Å². The summed E-state index contributed by atoms with van der Waals surface area (Å²) in [6, 6.07) is 9.00. The topological polar surface area (TPSA) is 247 Å². The summed E-state index contributed by atoms with van der Waals surface area (Å²) in [5.41, 5.74) is -7.91. The summed E-state index contributed by atoms with van der Waals surface area (Å²) >= 11 is 5.98. The lowest BCUT2D eigenvalue weighted by atomic mass is 9.50. The van der Waals surface area contributed by atoms with Crippen molar-refractivity contribution in [3.63, 3.8) is 0 Å². The van der Waals surface area contributed by atoms with Gasteiger partial charge in [0.05, 0.1) is 41.2 Å². The third-order valence-electron chi connectivity index (χ3n) is 11.8.